The summed E-state index contributed by atoms with van der Waals surface area (Å²) in [6.07, 6.45) is 3.53. The summed E-state index contributed by atoms with van der Waals surface area (Å²) in [5, 5.41) is 3.44. The molecule has 2 heterocycles. The van der Waals surface area contributed by atoms with Crippen molar-refractivity contribution in [1.82, 2.24) is 10.2 Å². The van der Waals surface area contributed by atoms with E-state index in [9.17, 15) is 4.79 Å². The lowest BCUT2D eigenvalue weighted by Crippen LogP contribution is -2.43. The van der Waals surface area contributed by atoms with E-state index in [0.717, 1.165) is 63.4 Å². The normalized spacial score (nSPS) is 21.5. The Labute approximate surface area is 162 Å². The summed E-state index contributed by atoms with van der Waals surface area (Å²) < 4.78 is 10.9. The van der Waals surface area contributed by atoms with Gasteiger partial charge in [-0.05, 0) is 49.4 Å². The minimum absolute atomic E-state index is 0. The zero-order valence-electron chi connectivity index (χ0n) is 15.8. The van der Waals surface area contributed by atoms with Crippen LogP contribution < -0.4 is 10.1 Å². The highest BCUT2D eigenvalue weighted by Gasteiger charge is 2.47. The van der Waals surface area contributed by atoms with Crippen LogP contribution in [0.1, 0.15) is 24.8 Å². The van der Waals surface area contributed by atoms with E-state index in [4.69, 9.17) is 9.47 Å². The second-order valence-corrected chi connectivity index (χ2v) is 7.35. The maximum atomic E-state index is 12.8. The second-order valence-electron chi connectivity index (χ2n) is 7.35. The Hall–Kier alpha value is -1.30. The molecule has 0 saturated carbocycles. The zero-order chi connectivity index (χ0) is 17.7. The van der Waals surface area contributed by atoms with E-state index >= 15 is 0 Å². The average Bonchev–Trinajstić information content (AvgIpc) is 2.98. The number of nitrogens with zero attached hydrogens (tertiary/aromatic N) is 1. The van der Waals surface area contributed by atoms with E-state index in [-0.39, 0.29) is 23.7 Å². The van der Waals surface area contributed by atoms with Gasteiger partial charge in [0.25, 0.3) is 0 Å². The molecule has 2 aliphatic heterocycles. The molecular weight excluding hydrogens is 352 g/mol. The fourth-order valence-corrected chi connectivity index (χ4v) is 4.45. The quantitative estimate of drug-likeness (QED) is 0.821. The van der Waals surface area contributed by atoms with Crippen molar-refractivity contribution in [3.8, 4) is 5.75 Å². The van der Waals surface area contributed by atoms with Gasteiger partial charge in [0.1, 0.15) is 5.75 Å². The number of halogens is 1. The number of hydrogen-bond donors (Lipinski definition) is 1. The minimum Gasteiger partial charge on any atom is -0.496 e. The first-order valence-corrected chi connectivity index (χ1v) is 9.28. The maximum absolute atomic E-state index is 12.8. The lowest BCUT2D eigenvalue weighted by atomic mass is 9.71. The summed E-state index contributed by atoms with van der Waals surface area (Å²) in [7, 11) is 3.44. The Bertz CT molecular complexity index is 590. The second kappa shape index (κ2) is 9.58. The number of benzene rings is 1. The highest BCUT2D eigenvalue weighted by molar-refractivity contribution is 5.85. The number of carbonyl (C=O) groups is 1. The van der Waals surface area contributed by atoms with Gasteiger partial charge in [-0.1, -0.05) is 18.2 Å². The molecule has 2 saturated heterocycles. The fraction of sp³-hybridized carbons (Fsp3) is 0.650. The Morgan fingerprint density at radius 1 is 1.27 bits per heavy atom. The van der Waals surface area contributed by atoms with Crippen LogP contribution in [0.15, 0.2) is 24.3 Å². The van der Waals surface area contributed by atoms with Crippen molar-refractivity contribution in [1.29, 1.82) is 0 Å². The van der Waals surface area contributed by atoms with Crippen molar-refractivity contribution in [2.24, 2.45) is 11.3 Å². The number of amides is 1. The van der Waals surface area contributed by atoms with Gasteiger partial charge in [0, 0.05) is 32.5 Å². The SMILES string of the molecule is COCC1CN(C(=O)CCc2ccccc2OC)CC12CCNCC2.Cl. The third kappa shape index (κ3) is 4.51. The van der Waals surface area contributed by atoms with Crippen LogP contribution in [0.4, 0.5) is 0 Å². The Balaban J connectivity index is 0.00000243. The molecule has 0 bridgehead atoms. The maximum Gasteiger partial charge on any atom is 0.222 e. The zero-order valence-corrected chi connectivity index (χ0v) is 16.6. The molecule has 1 spiro atoms. The fourth-order valence-electron chi connectivity index (χ4n) is 4.45. The van der Waals surface area contributed by atoms with Crippen LogP contribution in [-0.4, -0.2) is 57.8 Å². The third-order valence-electron chi connectivity index (χ3n) is 5.93. The van der Waals surface area contributed by atoms with E-state index in [1.54, 1.807) is 14.2 Å². The molecule has 0 aliphatic carbocycles. The van der Waals surface area contributed by atoms with Crippen molar-refractivity contribution in [2.45, 2.75) is 25.7 Å². The van der Waals surface area contributed by atoms with Gasteiger partial charge in [-0.2, -0.15) is 0 Å². The molecule has 1 N–H and O–H groups in total. The molecular formula is C20H31ClN2O3. The first-order valence-electron chi connectivity index (χ1n) is 9.28. The number of ether oxygens (including phenoxy) is 2. The minimum atomic E-state index is 0. The number of carbonyl (C=O) groups excluding carboxylic acids is 1. The van der Waals surface area contributed by atoms with Gasteiger partial charge in [0.05, 0.1) is 13.7 Å². The highest BCUT2D eigenvalue weighted by atomic mass is 35.5. The molecule has 0 aromatic heterocycles. The van der Waals surface area contributed by atoms with Crippen LogP contribution in [0.5, 0.6) is 5.75 Å². The number of likely N-dealkylation sites (tertiary alicyclic amines) is 1. The first-order chi connectivity index (χ1) is 12.2. The van der Waals surface area contributed by atoms with Gasteiger partial charge in [-0.15, -0.1) is 12.4 Å². The van der Waals surface area contributed by atoms with E-state index in [2.05, 4.69) is 10.2 Å². The third-order valence-corrected chi connectivity index (χ3v) is 5.93. The molecule has 26 heavy (non-hydrogen) atoms. The number of para-hydroxylation sites is 1. The Morgan fingerprint density at radius 2 is 2.00 bits per heavy atom. The van der Waals surface area contributed by atoms with Crippen molar-refractivity contribution in [2.75, 3.05) is 47.0 Å². The van der Waals surface area contributed by atoms with E-state index in [0.29, 0.717) is 12.3 Å². The van der Waals surface area contributed by atoms with Gasteiger partial charge in [0.15, 0.2) is 0 Å². The lowest BCUT2D eigenvalue weighted by Gasteiger charge is -2.38. The molecule has 3 rings (SSSR count). The standard InChI is InChI=1S/C20H30N2O3.ClH/c1-24-14-17-13-22(15-20(17)9-11-21-12-10-20)19(23)8-7-16-5-3-4-6-18(16)25-2;/h3-6,17,21H,7-15H2,1-2H3;1H. The molecule has 1 unspecified atom stereocenters. The van der Waals surface area contributed by atoms with Crippen LogP contribution in [0.3, 0.4) is 0 Å². The summed E-state index contributed by atoms with van der Waals surface area (Å²) in [5.74, 6) is 1.57. The van der Waals surface area contributed by atoms with E-state index in [1.807, 2.05) is 24.3 Å². The predicted molar refractivity (Wildman–Crippen MR) is 105 cm³/mol. The number of aryl methyl sites for hydroxylation is 1. The summed E-state index contributed by atoms with van der Waals surface area (Å²) >= 11 is 0. The summed E-state index contributed by atoms with van der Waals surface area (Å²) in [6, 6.07) is 7.95. The molecule has 1 aromatic carbocycles. The number of methoxy groups -OCH3 is 2. The van der Waals surface area contributed by atoms with Crippen LogP contribution in [0, 0.1) is 11.3 Å². The Morgan fingerprint density at radius 3 is 2.69 bits per heavy atom. The molecule has 0 radical (unpaired) electrons. The number of nitrogens with one attached hydrogen (secondary N) is 1. The number of hydrogen-bond acceptors (Lipinski definition) is 4. The molecule has 6 heteroatoms. The van der Waals surface area contributed by atoms with Crippen molar-refractivity contribution in [3.05, 3.63) is 29.8 Å². The highest BCUT2D eigenvalue weighted by Crippen LogP contribution is 2.43. The van der Waals surface area contributed by atoms with Crippen LogP contribution >= 0.6 is 12.4 Å². The van der Waals surface area contributed by atoms with Gasteiger partial charge >= 0.3 is 0 Å². The monoisotopic (exact) mass is 382 g/mol. The average molecular weight is 383 g/mol. The van der Waals surface area contributed by atoms with Gasteiger partial charge in [-0.3, -0.25) is 4.79 Å². The van der Waals surface area contributed by atoms with Crippen LogP contribution in [0.2, 0.25) is 0 Å². The Kier molecular flexibility index (Phi) is 7.74. The lowest BCUT2D eigenvalue weighted by molar-refractivity contribution is -0.130. The topological polar surface area (TPSA) is 50.8 Å². The van der Waals surface area contributed by atoms with Crippen LogP contribution in [0.25, 0.3) is 0 Å². The number of rotatable bonds is 6. The van der Waals surface area contributed by atoms with Gasteiger partial charge in [0.2, 0.25) is 5.91 Å². The predicted octanol–water partition coefficient (Wildman–Crippen LogP) is 2.52. The first kappa shape index (κ1) is 21.0. The molecule has 1 amide bonds. The van der Waals surface area contributed by atoms with Crippen molar-refractivity contribution in [3.63, 3.8) is 0 Å². The van der Waals surface area contributed by atoms with Crippen molar-refractivity contribution < 1.29 is 14.3 Å². The van der Waals surface area contributed by atoms with Crippen molar-refractivity contribution >= 4 is 18.3 Å². The summed E-state index contributed by atoms with van der Waals surface area (Å²) in [5.41, 5.74) is 1.34. The largest absolute Gasteiger partial charge is 0.496 e. The van der Waals surface area contributed by atoms with Crippen LogP contribution in [-0.2, 0) is 16.0 Å². The molecule has 146 valence electrons. The smallest absolute Gasteiger partial charge is 0.222 e. The van der Waals surface area contributed by atoms with E-state index < -0.39 is 0 Å². The van der Waals surface area contributed by atoms with E-state index in [1.165, 1.54) is 0 Å². The molecule has 2 fully saturated rings. The molecule has 2 aliphatic rings. The molecule has 1 aromatic rings. The van der Waals surface area contributed by atoms with Gasteiger partial charge in [-0.25, -0.2) is 0 Å². The number of piperidine rings is 1. The molecule has 5 nitrogen and oxygen atoms in total. The van der Waals surface area contributed by atoms with Gasteiger partial charge < -0.3 is 19.7 Å². The summed E-state index contributed by atoms with van der Waals surface area (Å²) in [4.78, 5) is 14.9. The molecule has 1 atom stereocenters. The summed E-state index contributed by atoms with van der Waals surface area (Å²) in [6.45, 7) is 4.55.